The van der Waals surface area contributed by atoms with Gasteiger partial charge in [0.2, 0.25) is 5.91 Å². The summed E-state index contributed by atoms with van der Waals surface area (Å²) in [5, 5.41) is 3.86. The molecule has 28 heavy (non-hydrogen) atoms. The van der Waals surface area contributed by atoms with Crippen molar-refractivity contribution in [1.29, 1.82) is 0 Å². The minimum absolute atomic E-state index is 0.342. The normalized spacial score (nSPS) is 10.8. The lowest BCUT2D eigenvalue weighted by Gasteiger charge is -2.07. The summed E-state index contributed by atoms with van der Waals surface area (Å²) in [6.07, 6.45) is 3.07. The van der Waals surface area contributed by atoms with E-state index in [0.29, 0.717) is 15.6 Å². The fourth-order valence-electron chi connectivity index (χ4n) is 2.82. The number of carbonyl (C=O) groups is 2. The predicted octanol–water partition coefficient (Wildman–Crippen LogP) is 5.82. The van der Waals surface area contributed by atoms with E-state index in [-0.39, 0.29) is 5.91 Å². The number of ether oxygens (including phenoxy) is 1. The third-order valence-corrected chi connectivity index (χ3v) is 5.30. The van der Waals surface area contributed by atoms with E-state index in [1.165, 1.54) is 24.5 Å². The lowest BCUT2D eigenvalue weighted by Crippen LogP contribution is -2.11. The summed E-state index contributed by atoms with van der Waals surface area (Å²) in [5.41, 5.74) is 2.84. The van der Waals surface area contributed by atoms with Crippen molar-refractivity contribution < 1.29 is 14.3 Å². The fraction of sp³-hybridized carbons (Fsp3) is 0.0909. The molecule has 0 unspecified atom stereocenters. The van der Waals surface area contributed by atoms with Gasteiger partial charge in [-0.1, -0.05) is 54.1 Å². The minimum atomic E-state index is -0.489. The van der Waals surface area contributed by atoms with Gasteiger partial charge in [-0.25, -0.2) is 4.79 Å². The van der Waals surface area contributed by atoms with E-state index in [0.717, 1.165) is 21.6 Å². The van der Waals surface area contributed by atoms with Crippen molar-refractivity contribution in [2.45, 2.75) is 6.92 Å². The molecule has 0 saturated carbocycles. The molecule has 2 aromatic carbocycles. The largest absolute Gasteiger partial charge is 0.465 e. The first-order valence-electron chi connectivity index (χ1n) is 8.51. The Balaban J connectivity index is 1.91. The van der Waals surface area contributed by atoms with Crippen molar-refractivity contribution in [2.24, 2.45) is 0 Å². The number of nitrogens with one attached hydrogen (secondary N) is 1. The Morgan fingerprint density at radius 2 is 1.86 bits per heavy atom. The minimum Gasteiger partial charge on any atom is -0.465 e. The van der Waals surface area contributed by atoms with Gasteiger partial charge in [-0.2, -0.15) is 0 Å². The molecule has 0 atom stereocenters. The quantitative estimate of drug-likeness (QED) is 0.425. The highest BCUT2D eigenvalue weighted by Gasteiger charge is 2.24. The summed E-state index contributed by atoms with van der Waals surface area (Å²) < 4.78 is 4.96. The van der Waals surface area contributed by atoms with Gasteiger partial charge in [0.15, 0.2) is 0 Å². The van der Waals surface area contributed by atoms with Gasteiger partial charge < -0.3 is 10.1 Å². The maximum atomic E-state index is 12.4. The Labute approximate surface area is 172 Å². The SMILES string of the molecule is COC(=O)c1c(NC(=O)C=Cc2cccc(Cl)c2)sc(C)c1-c1ccccc1. The molecular formula is C22H18ClNO3S. The van der Waals surface area contributed by atoms with E-state index in [4.69, 9.17) is 16.3 Å². The fourth-order valence-corrected chi connectivity index (χ4v) is 4.08. The molecule has 0 spiro atoms. The number of thiophene rings is 1. The van der Waals surface area contributed by atoms with Gasteiger partial charge in [-0.3, -0.25) is 4.79 Å². The number of halogens is 1. The molecule has 1 N–H and O–H groups in total. The molecule has 0 aliphatic heterocycles. The molecule has 3 aromatic rings. The third kappa shape index (κ3) is 4.50. The third-order valence-electron chi connectivity index (χ3n) is 4.05. The summed E-state index contributed by atoms with van der Waals surface area (Å²) in [5.74, 6) is -0.830. The van der Waals surface area contributed by atoms with Crippen LogP contribution in [-0.4, -0.2) is 19.0 Å². The van der Waals surface area contributed by atoms with Gasteiger partial charge in [-0.05, 0) is 36.3 Å². The van der Waals surface area contributed by atoms with Crippen LogP contribution in [0.3, 0.4) is 0 Å². The number of aryl methyl sites for hydroxylation is 1. The highest BCUT2D eigenvalue weighted by Crippen LogP contribution is 2.40. The Morgan fingerprint density at radius 3 is 2.54 bits per heavy atom. The summed E-state index contributed by atoms with van der Waals surface area (Å²) in [7, 11) is 1.33. The summed E-state index contributed by atoms with van der Waals surface area (Å²) in [6.45, 7) is 1.91. The standard InChI is InChI=1S/C22H18ClNO3S/c1-14-19(16-8-4-3-5-9-16)20(22(26)27-2)21(28-14)24-18(25)12-11-15-7-6-10-17(23)13-15/h3-13H,1-2H3,(H,24,25). The van der Waals surface area contributed by atoms with Crippen molar-refractivity contribution in [3.63, 3.8) is 0 Å². The Hall–Kier alpha value is -2.89. The Bertz CT molecular complexity index is 1040. The average Bonchev–Trinajstić information content (AvgIpc) is 3.02. The van der Waals surface area contributed by atoms with Crippen molar-refractivity contribution in [3.05, 3.63) is 81.7 Å². The first-order valence-corrected chi connectivity index (χ1v) is 9.71. The van der Waals surface area contributed by atoms with Gasteiger partial charge in [0.05, 0.1) is 7.11 Å². The molecule has 1 amide bonds. The Kier molecular flexibility index (Phi) is 6.29. The molecule has 3 rings (SSSR count). The van der Waals surface area contributed by atoms with Gasteiger partial charge in [0, 0.05) is 21.5 Å². The molecule has 0 radical (unpaired) electrons. The van der Waals surface area contributed by atoms with Crippen molar-refractivity contribution in [2.75, 3.05) is 12.4 Å². The zero-order valence-electron chi connectivity index (χ0n) is 15.4. The average molecular weight is 412 g/mol. The molecule has 1 heterocycles. The lowest BCUT2D eigenvalue weighted by molar-refractivity contribution is -0.111. The molecule has 1 aromatic heterocycles. The molecule has 0 bridgehead atoms. The number of rotatable bonds is 5. The monoisotopic (exact) mass is 411 g/mol. The van der Waals surface area contributed by atoms with Crippen LogP contribution in [-0.2, 0) is 9.53 Å². The second-order valence-electron chi connectivity index (χ2n) is 5.97. The smallest absolute Gasteiger partial charge is 0.341 e. The van der Waals surface area contributed by atoms with Crippen LogP contribution in [0.25, 0.3) is 17.2 Å². The van der Waals surface area contributed by atoms with Crippen molar-refractivity contribution in [3.8, 4) is 11.1 Å². The molecule has 4 nitrogen and oxygen atoms in total. The highest BCUT2D eigenvalue weighted by atomic mass is 35.5. The number of anilines is 1. The molecule has 142 valence electrons. The van der Waals surface area contributed by atoms with E-state index in [1.54, 1.807) is 18.2 Å². The second-order valence-corrected chi connectivity index (χ2v) is 7.63. The lowest BCUT2D eigenvalue weighted by atomic mass is 10.0. The maximum absolute atomic E-state index is 12.4. The van der Waals surface area contributed by atoms with Crippen molar-refractivity contribution in [1.82, 2.24) is 0 Å². The number of hydrogen-bond donors (Lipinski definition) is 1. The van der Waals surface area contributed by atoms with Crippen LogP contribution >= 0.6 is 22.9 Å². The molecule has 6 heteroatoms. The Morgan fingerprint density at radius 1 is 1.11 bits per heavy atom. The maximum Gasteiger partial charge on any atom is 0.341 e. The number of methoxy groups -OCH3 is 1. The summed E-state index contributed by atoms with van der Waals surface area (Å²) in [6, 6.07) is 16.7. The molecule has 0 fully saturated rings. The summed E-state index contributed by atoms with van der Waals surface area (Å²) in [4.78, 5) is 25.8. The number of hydrogen-bond acceptors (Lipinski definition) is 4. The van der Waals surface area contributed by atoms with Gasteiger partial charge >= 0.3 is 5.97 Å². The van der Waals surface area contributed by atoms with Crippen LogP contribution in [0, 0.1) is 6.92 Å². The van der Waals surface area contributed by atoms with Crippen LogP contribution in [0.15, 0.2) is 60.7 Å². The topological polar surface area (TPSA) is 55.4 Å². The number of amides is 1. The van der Waals surface area contributed by atoms with Crippen molar-refractivity contribution >= 4 is 45.9 Å². The second kappa shape index (κ2) is 8.87. The molecule has 0 saturated heterocycles. The molecule has 0 aliphatic rings. The van der Waals surface area contributed by atoms with E-state index < -0.39 is 5.97 Å². The van der Waals surface area contributed by atoms with E-state index in [1.807, 2.05) is 49.4 Å². The van der Waals surface area contributed by atoms with E-state index in [2.05, 4.69) is 5.32 Å². The van der Waals surface area contributed by atoms with Gasteiger partial charge in [0.1, 0.15) is 10.6 Å². The first kappa shape index (κ1) is 19.9. The highest BCUT2D eigenvalue weighted by molar-refractivity contribution is 7.17. The molecular weight excluding hydrogens is 394 g/mol. The predicted molar refractivity (Wildman–Crippen MR) is 115 cm³/mol. The van der Waals surface area contributed by atoms with E-state index in [9.17, 15) is 9.59 Å². The van der Waals surface area contributed by atoms with Crippen LogP contribution < -0.4 is 5.32 Å². The molecule has 0 aliphatic carbocycles. The van der Waals surface area contributed by atoms with E-state index >= 15 is 0 Å². The van der Waals surface area contributed by atoms with Crippen LogP contribution in [0.4, 0.5) is 5.00 Å². The zero-order chi connectivity index (χ0) is 20.1. The zero-order valence-corrected chi connectivity index (χ0v) is 16.9. The first-order chi connectivity index (χ1) is 13.5. The van der Waals surface area contributed by atoms with Crippen LogP contribution in [0.2, 0.25) is 5.02 Å². The van der Waals surface area contributed by atoms with Gasteiger partial charge in [-0.15, -0.1) is 11.3 Å². The summed E-state index contributed by atoms with van der Waals surface area (Å²) >= 11 is 7.30. The van der Waals surface area contributed by atoms with Crippen LogP contribution in [0.1, 0.15) is 20.8 Å². The van der Waals surface area contributed by atoms with Crippen LogP contribution in [0.5, 0.6) is 0 Å². The number of benzene rings is 2. The number of carbonyl (C=O) groups excluding carboxylic acids is 2. The number of esters is 1. The van der Waals surface area contributed by atoms with Gasteiger partial charge in [0.25, 0.3) is 0 Å².